The second-order valence-electron chi connectivity index (χ2n) is 5.51. The van der Waals surface area contributed by atoms with Gasteiger partial charge in [0.05, 0.1) is 16.4 Å². The molecule has 0 amide bonds. The first kappa shape index (κ1) is 14.4. The van der Waals surface area contributed by atoms with Gasteiger partial charge in [0.15, 0.2) is 0 Å². The van der Waals surface area contributed by atoms with Crippen LogP contribution in [0.5, 0.6) is 0 Å². The van der Waals surface area contributed by atoms with E-state index >= 15 is 0 Å². The molecule has 0 spiro atoms. The first-order chi connectivity index (χ1) is 10.1. The van der Waals surface area contributed by atoms with Crippen molar-refractivity contribution >= 4 is 17.3 Å². The second kappa shape index (κ2) is 5.70. The van der Waals surface area contributed by atoms with Crippen LogP contribution in [0, 0.1) is 0 Å². The minimum atomic E-state index is 0.813. The van der Waals surface area contributed by atoms with Crippen molar-refractivity contribution in [3.8, 4) is 0 Å². The van der Waals surface area contributed by atoms with Gasteiger partial charge in [0.2, 0.25) is 0 Å². The molecule has 1 aromatic carbocycles. The molecule has 0 radical (unpaired) electrons. The fraction of sp³-hybridized carbons (Fsp3) is 0.438. The maximum absolute atomic E-state index is 6.49. The molecule has 1 aliphatic heterocycles. The molecular formula is C16H21ClN4. The number of rotatable bonds is 4. The van der Waals surface area contributed by atoms with E-state index in [4.69, 9.17) is 17.3 Å². The van der Waals surface area contributed by atoms with E-state index in [0.717, 1.165) is 54.7 Å². The smallest absolute Gasteiger partial charge is 0.0863 e. The van der Waals surface area contributed by atoms with Crippen molar-refractivity contribution in [3.05, 3.63) is 45.7 Å². The summed E-state index contributed by atoms with van der Waals surface area (Å²) >= 11 is 6.49. The molecule has 2 heterocycles. The first-order valence-corrected chi connectivity index (χ1v) is 7.84. The molecule has 3 rings (SSSR count). The van der Waals surface area contributed by atoms with E-state index in [-0.39, 0.29) is 0 Å². The quantitative estimate of drug-likeness (QED) is 0.882. The van der Waals surface area contributed by atoms with E-state index in [9.17, 15) is 0 Å². The maximum Gasteiger partial charge on any atom is 0.0863 e. The van der Waals surface area contributed by atoms with Crippen LogP contribution in [-0.2, 0) is 32.6 Å². The Morgan fingerprint density at radius 3 is 2.76 bits per heavy atom. The Hall–Kier alpha value is -1.52. The molecule has 112 valence electrons. The van der Waals surface area contributed by atoms with Crippen LogP contribution in [0.2, 0.25) is 5.02 Å². The number of anilines is 1. The monoisotopic (exact) mass is 304 g/mol. The molecule has 0 atom stereocenters. The van der Waals surface area contributed by atoms with Crippen LogP contribution >= 0.6 is 11.6 Å². The van der Waals surface area contributed by atoms with Gasteiger partial charge < -0.3 is 5.73 Å². The molecule has 0 unspecified atom stereocenters. The molecule has 1 aliphatic rings. The summed E-state index contributed by atoms with van der Waals surface area (Å²) in [7, 11) is 0. The van der Waals surface area contributed by atoms with Gasteiger partial charge in [-0.2, -0.15) is 5.10 Å². The van der Waals surface area contributed by atoms with Crippen LogP contribution in [0.1, 0.15) is 36.4 Å². The molecule has 21 heavy (non-hydrogen) atoms. The second-order valence-corrected chi connectivity index (χ2v) is 5.88. The summed E-state index contributed by atoms with van der Waals surface area (Å²) in [4.78, 5) is 2.37. The van der Waals surface area contributed by atoms with Crippen molar-refractivity contribution in [2.45, 2.75) is 46.4 Å². The van der Waals surface area contributed by atoms with Gasteiger partial charge in [-0.15, -0.1) is 0 Å². The van der Waals surface area contributed by atoms with Crippen molar-refractivity contribution in [2.75, 3.05) is 5.73 Å². The summed E-state index contributed by atoms with van der Waals surface area (Å²) in [6, 6.07) is 6.15. The van der Waals surface area contributed by atoms with Gasteiger partial charge in [0, 0.05) is 31.9 Å². The summed E-state index contributed by atoms with van der Waals surface area (Å²) in [6.07, 6.45) is 0.867. The average molecular weight is 305 g/mol. The molecule has 5 heteroatoms. The molecule has 0 aliphatic carbocycles. The van der Waals surface area contributed by atoms with Gasteiger partial charge in [0.25, 0.3) is 0 Å². The van der Waals surface area contributed by atoms with Crippen LogP contribution < -0.4 is 5.73 Å². The molecule has 0 saturated carbocycles. The average Bonchev–Trinajstić information content (AvgIpc) is 3.02. The number of nitrogen functional groups attached to an aromatic ring is 1. The number of fused-ring (bicyclic) bond motifs is 1. The number of aryl methyl sites for hydroxylation is 2. The van der Waals surface area contributed by atoms with Gasteiger partial charge in [-0.3, -0.25) is 9.58 Å². The molecule has 0 saturated heterocycles. The van der Waals surface area contributed by atoms with Crippen molar-refractivity contribution < 1.29 is 0 Å². The SMILES string of the molecule is CCc1nn(CC)c(CN2Cc3cccc(N)c3C2)c1Cl. The van der Waals surface area contributed by atoms with Gasteiger partial charge in [0.1, 0.15) is 0 Å². The zero-order chi connectivity index (χ0) is 15.0. The fourth-order valence-electron chi connectivity index (χ4n) is 3.01. The zero-order valence-corrected chi connectivity index (χ0v) is 13.3. The minimum Gasteiger partial charge on any atom is -0.398 e. The van der Waals surface area contributed by atoms with E-state index in [1.165, 1.54) is 11.1 Å². The Bertz CT molecular complexity index is 663. The van der Waals surface area contributed by atoms with Gasteiger partial charge >= 0.3 is 0 Å². The molecule has 2 N–H and O–H groups in total. The summed E-state index contributed by atoms with van der Waals surface area (Å²) in [5, 5.41) is 5.41. The van der Waals surface area contributed by atoms with Crippen molar-refractivity contribution in [1.29, 1.82) is 0 Å². The lowest BCUT2D eigenvalue weighted by Gasteiger charge is -2.16. The summed E-state index contributed by atoms with van der Waals surface area (Å²) in [5.41, 5.74) is 11.6. The van der Waals surface area contributed by atoms with Crippen LogP contribution in [0.15, 0.2) is 18.2 Å². The Morgan fingerprint density at radius 1 is 1.29 bits per heavy atom. The fourth-order valence-corrected chi connectivity index (χ4v) is 3.34. The first-order valence-electron chi connectivity index (χ1n) is 7.46. The molecule has 0 bridgehead atoms. The highest BCUT2D eigenvalue weighted by atomic mass is 35.5. The van der Waals surface area contributed by atoms with Crippen LogP contribution in [0.3, 0.4) is 0 Å². The zero-order valence-electron chi connectivity index (χ0n) is 12.6. The van der Waals surface area contributed by atoms with Crippen molar-refractivity contribution in [1.82, 2.24) is 14.7 Å². The Labute approximate surface area is 130 Å². The predicted octanol–water partition coefficient (Wildman–Crippen LogP) is 3.22. The highest BCUT2D eigenvalue weighted by Gasteiger charge is 2.24. The highest BCUT2D eigenvalue weighted by Crippen LogP contribution is 2.30. The third-order valence-electron chi connectivity index (χ3n) is 4.15. The Kier molecular flexibility index (Phi) is 3.91. The summed E-state index contributed by atoms with van der Waals surface area (Å²) in [6.45, 7) is 7.65. The van der Waals surface area contributed by atoms with Crippen LogP contribution in [0.4, 0.5) is 5.69 Å². The number of benzene rings is 1. The topological polar surface area (TPSA) is 47.1 Å². The Balaban J connectivity index is 1.83. The number of nitrogens with two attached hydrogens (primary N) is 1. The van der Waals surface area contributed by atoms with Crippen LogP contribution in [0.25, 0.3) is 0 Å². The van der Waals surface area contributed by atoms with Gasteiger partial charge in [-0.05, 0) is 30.5 Å². The molecule has 0 fully saturated rings. The number of hydrogen-bond acceptors (Lipinski definition) is 3. The summed E-state index contributed by atoms with van der Waals surface area (Å²) in [5.74, 6) is 0. The lowest BCUT2D eigenvalue weighted by Crippen LogP contribution is -2.19. The van der Waals surface area contributed by atoms with E-state index < -0.39 is 0 Å². The van der Waals surface area contributed by atoms with E-state index in [0.29, 0.717) is 0 Å². The standard InChI is InChI=1S/C16H21ClN4/c1-3-14-16(17)15(21(4-2)19-14)10-20-8-11-6-5-7-13(18)12(11)9-20/h5-7H,3-4,8-10,18H2,1-2H3. The molecule has 1 aromatic heterocycles. The van der Waals surface area contributed by atoms with Crippen molar-refractivity contribution in [2.24, 2.45) is 0 Å². The number of nitrogens with zero attached hydrogens (tertiary/aromatic N) is 3. The summed E-state index contributed by atoms with van der Waals surface area (Å²) < 4.78 is 2.02. The Morgan fingerprint density at radius 2 is 2.10 bits per heavy atom. The lowest BCUT2D eigenvalue weighted by molar-refractivity contribution is 0.266. The van der Waals surface area contributed by atoms with Crippen LogP contribution in [-0.4, -0.2) is 14.7 Å². The maximum atomic E-state index is 6.49. The van der Waals surface area contributed by atoms with Gasteiger partial charge in [-0.25, -0.2) is 0 Å². The third-order valence-corrected chi connectivity index (χ3v) is 4.59. The molecule has 2 aromatic rings. The molecular weight excluding hydrogens is 284 g/mol. The highest BCUT2D eigenvalue weighted by molar-refractivity contribution is 6.31. The largest absolute Gasteiger partial charge is 0.398 e. The molecule has 4 nitrogen and oxygen atoms in total. The lowest BCUT2D eigenvalue weighted by atomic mass is 10.1. The number of halogens is 1. The van der Waals surface area contributed by atoms with Gasteiger partial charge in [-0.1, -0.05) is 30.7 Å². The minimum absolute atomic E-state index is 0.813. The van der Waals surface area contributed by atoms with E-state index in [2.05, 4.69) is 29.9 Å². The number of aromatic nitrogens is 2. The predicted molar refractivity (Wildman–Crippen MR) is 86.1 cm³/mol. The third kappa shape index (κ3) is 2.54. The number of hydrogen-bond donors (Lipinski definition) is 1. The normalized spacial score (nSPS) is 14.6. The van der Waals surface area contributed by atoms with E-state index in [1.54, 1.807) is 0 Å². The van der Waals surface area contributed by atoms with Crippen molar-refractivity contribution in [3.63, 3.8) is 0 Å². The van der Waals surface area contributed by atoms with E-state index in [1.807, 2.05) is 16.8 Å².